The van der Waals surface area contributed by atoms with E-state index in [0.717, 1.165) is 28.8 Å². The van der Waals surface area contributed by atoms with Gasteiger partial charge in [0.15, 0.2) is 5.17 Å². The molecule has 0 spiro atoms. The molecular weight excluding hydrogens is 321 g/mol. The lowest BCUT2D eigenvalue weighted by Crippen LogP contribution is -2.28. The largest absolute Gasteiger partial charge is 0.481 e. The average molecular weight is 332 g/mol. The highest BCUT2D eigenvalue weighted by Crippen LogP contribution is 2.34. The highest BCUT2D eigenvalue weighted by Gasteiger charge is 2.37. The molecule has 1 atom stereocenters. The van der Waals surface area contributed by atoms with Crippen LogP contribution in [0.15, 0.2) is 29.3 Å². The third-order valence-corrected chi connectivity index (χ3v) is 4.13. The van der Waals surface area contributed by atoms with Gasteiger partial charge in [0.05, 0.1) is 17.7 Å². The standard InChI is InChI=1S/C13H11F3N2O3S/c1-18-11(21)9(6-10(19)20)22-12(18)17-8-4-2-3-7(5-8)13(14,15)16/h2-5,9H,6H2,1H3,(H,19,20)/t9-/m1/s1. The second kappa shape index (κ2) is 5.99. The van der Waals surface area contributed by atoms with Gasteiger partial charge in [-0.05, 0) is 18.2 Å². The predicted molar refractivity (Wildman–Crippen MR) is 74.9 cm³/mol. The Kier molecular flexibility index (Phi) is 4.45. The van der Waals surface area contributed by atoms with Gasteiger partial charge >= 0.3 is 12.1 Å². The molecule has 1 aromatic rings. The monoisotopic (exact) mass is 332 g/mol. The lowest BCUT2D eigenvalue weighted by molar-refractivity contribution is -0.139. The number of aliphatic carboxylic acids is 1. The molecule has 1 aliphatic heterocycles. The van der Waals surface area contributed by atoms with Crippen LogP contribution in [0.1, 0.15) is 12.0 Å². The molecule has 0 aromatic heterocycles. The number of hydrogen-bond donors (Lipinski definition) is 1. The minimum atomic E-state index is -4.48. The number of alkyl halides is 3. The molecule has 1 N–H and O–H groups in total. The molecule has 1 saturated heterocycles. The Bertz CT molecular complexity index is 646. The first-order valence-corrected chi connectivity index (χ1v) is 6.98. The molecule has 1 aromatic carbocycles. The van der Waals surface area contributed by atoms with E-state index in [1.807, 2.05) is 0 Å². The van der Waals surface area contributed by atoms with Gasteiger partial charge in [-0.15, -0.1) is 0 Å². The van der Waals surface area contributed by atoms with Gasteiger partial charge in [-0.25, -0.2) is 4.99 Å². The van der Waals surface area contributed by atoms with Crippen molar-refractivity contribution in [1.29, 1.82) is 0 Å². The van der Waals surface area contributed by atoms with E-state index >= 15 is 0 Å². The topological polar surface area (TPSA) is 70.0 Å². The number of carbonyl (C=O) groups excluding carboxylic acids is 1. The van der Waals surface area contributed by atoms with Crippen LogP contribution < -0.4 is 0 Å². The zero-order chi connectivity index (χ0) is 16.5. The number of benzene rings is 1. The van der Waals surface area contributed by atoms with Crippen molar-refractivity contribution in [2.75, 3.05) is 7.05 Å². The van der Waals surface area contributed by atoms with Gasteiger partial charge in [-0.3, -0.25) is 14.5 Å². The van der Waals surface area contributed by atoms with Crippen LogP contribution in [0, 0.1) is 0 Å². The number of halogens is 3. The lowest BCUT2D eigenvalue weighted by atomic mass is 10.2. The normalized spacial score (nSPS) is 20.7. The average Bonchev–Trinajstić information content (AvgIpc) is 2.66. The maximum absolute atomic E-state index is 12.6. The summed E-state index contributed by atoms with van der Waals surface area (Å²) < 4.78 is 37.9. The summed E-state index contributed by atoms with van der Waals surface area (Å²) in [7, 11) is 1.41. The quantitative estimate of drug-likeness (QED) is 0.924. The van der Waals surface area contributed by atoms with Crippen LogP contribution in [0.2, 0.25) is 0 Å². The zero-order valence-corrected chi connectivity index (χ0v) is 12.1. The number of nitrogens with zero attached hydrogens (tertiary/aromatic N) is 2. The summed E-state index contributed by atoms with van der Waals surface area (Å²) in [5, 5.41) is 8.09. The van der Waals surface area contributed by atoms with Gasteiger partial charge in [-0.1, -0.05) is 17.8 Å². The molecule has 1 amide bonds. The van der Waals surface area contributed by atoms with Gasteiger partial charge in [0.2, 0.25) is 5.91 Å². The number of rotatable bonds is 3. The summed E-state index contributed by atoms with van der Waals surface area (Å²) in [5.74, 6) is -1.56. The molecule has 1 aliphatic rings. The number of carboxylic acids is 1. The maximum Gasteiger partial charge on any atom is 0.416 e. The molecule has 1 heterocycles. The lowest BCUT2D eigenvalue weighted by Gasteiger charge is -2.09. The fourth-order valence-corrected chi connectivity index (χ4v) is 2.96. The molecule has 2 rings (SSSR count). The molecule has 0 radical (unpaired) electrons. The highest BCUT2D eigenvalue weighted by atomic mass is 32.2. The van der Waals surface area contributed by atoms with E-state index < -0.39 is 28.9 Å². The van der Waals surface area contributed by atoms with Crippen LogP contribution in [0.5, 0.6) is 0 Å². The Labute approximate surface area is 127 Å². The Morgan fingerprint density at radius 1 is 1.45 bits per heavy atom. The number of carbonyl (C=O) groups is 2. The first-order valence-electron chi connectivity index (χ1n) is 6.10. The van der Waals surface area contributed by atoms with Crippen molar-refractivity contribution in [3.05, 3.63) is 29.8 Å². The number of thioether (sulfide) groups is 1. The summed E-state index contributed by atoms with van der Waals surface area (Å²) in [6.45, 7) is 0. The summed E-state index contributed by atoms with van der Waals surface area (Å²) in [4.78, 5) is 27.7. The van der Waals surface area contributed by atoms with Crippen molar-refractivity contribution >= 4 is 34.5 Å². The van der Waals surface area contributed by atoms with Gasteiger partial charge < -0.3 is 5.11 Å². The third kappa shape index (κ3) is 3.59. The first kappa shape index (κ1) is 16.3. The van der Waals surface area contributed by atoms with E-state index in [9.17, 15) is 22.8 Å². The minimum absolute atomic E-state index is 0.0490. The molecule has 0 saturated carbocycles. The molecule has 9 heteroatoms. The Morgan fingerprint density at radius 2 is 2.14 bits per heavy atom. The summed E-state index contributed by atoms with van der Waals surface area (Å²) in [6.07, 6.45) is -4.85. The molecule has 5 nitrogen and oxygen atoms in total. The van der Waals surface area contributed by atoms with E-state index in [1.165, 1.54) is 19.2 Å². The number of carboxylic acid groups (broad SMARTS) is 1. The Morgan fingerprint density at radius 3 is 2.73 bits per heavy atom. The summed E-state index contributed by atoms with van der Waals surface area (Å²) >= 11 is 0.928. The van der Waals surface area contributed by atoms with E-state index in [0.29, 0.717) is 0 Å². The molecule has 0 aliphatic carbocycles. The SMILES string of the molecule is CN1C(=O)[C@@H](CC(=O)O)SC1=Nc1cccc(C(F)(F)F)c1. The molecule has 1 fully saturated rings. The first-order chi connectivity index (χ1) is 10.2. The maximum atomic E-state index is 12.6. The van der Waals surface area contributed by atoms with Gasteiger partial charge in [0.25, 0.3) is 0 Å². The molecule has 0 bridgehead atoms. The fraction of sp³-hybridized carbons (Fsp3) is 0.308. The Balaban J connectivity index is 2.26. The van der Waals surface area contributed by atoms with Crippen molar-refractivity contribution in [2.24, 2.45) is 4.99 Å². The van der Waals surface area contributed by atoms with E-state index in [1.54, 1.807) is 0 Å². The molecule has 0 unspecified atom stereocenters. The zero-order valence-electron chi connectivity index (χ0n) is 11.3. The second-order valence-electron chi connectivity index (χ2n) is 4.54. The van der Waals surface area contributed by atoms with Crippen LogP contribution in [0.4, 0.5) is 18.9 Å². The number of amidine groups is 1. The van der Waals surface area contributed by atoms with E-state index in [2.05, 4.69) is 4.99 Å². The van der Waals surface area contributed by atoms with Crippen molar-refractivity contribution in [3.8, 4) is 0 Å². The molecule has 22 heavy (non-hydrogen) atoms. The van der Waals surface area contributed by atoms with Crippen molar-refractivity contribution < 1.29 is 27.9 Å². The minimum Gasteiger partial charge on any atom is -0.481 e. The van der Waals surface area contributed by atoms with Crippen LogP contribution in [0.3, 0.4) is 0 Å². The van der Waals surface area contributed by atoms with Crippen molar-refractivity contribution in [1.82, 2.24) is 4.90 Å². The van der Waals surface area contributed by atoms with Crippen molar-refractivity contribution in [2.45, 2.75) is 17.8 Å². The van der Waals surface area contributed by atoms with Crippen LogP contribution in [-0.4, -0.2) is 39.3 Å². The van der Waals surface area contributed by atoms with E-state index in [4.69, 9.17) is 5.11 Å². The number of aliphatic imine (C=N–C) groups is 1. The van der Waals surface area contributed by atoms with Gasteiger partial charge in [-0.2, -0.15) is 13.2 Å². The van der Waals surface area contributed by atoms with Crippen LogP contribution in [-0.2, 0) is 15.8 Å². The highest BCUT2D eigenvalue weighted by molar-refractivity contribution is 8.15. The third-order valence-electron chi connectivity index (χ3n) is 2.90. The van der Waals surface area contributed by atoms with Gasteiger partial charge in [0, 0.05) is 7.05 Å². The van der Waals surface area contributed by atoms with Crippen LogP contribution >= 0.6 is 11.8 Å². The van der Waals surface area contributed by atoms with Gasteiger partial charge in [0.1, 0.15) is 5.25 Å². The van der Waals surface area contributed by atoms with Crippen LogP contribution in [0.25, 0.3) is 0 Å². The van der Waals surface area contributed by atoms with Crippen molar-refractivity contribution in [3.63, 3.8) is 0 Å². The summed E-state index contributed by atoms with van der Waals surface area (Å²) in [6, 6.07) is 4.40. The summed E-state index contributed by atoms with van der Waals surface area (Å²) in [5.41, 5.74) is -0.790. The molecule has 118 valence electrons. The number of hydrogen-bond acceptors (Lipinski definition) is 4. The smallest absolute Gasteiger partial charge is 0.416 e. The molecular formula is C13H11F3N2O3S. The Hall–Kier alpha value is -2.03. The number of amides is 1. The predicted octanol–water partition coefficient (Wildman–Crippen LogP) is 2.74. The van der Waals surface area contributed by atoms with E-state index in [-0.39, 0.29) is 17.3 Å². The second-order valence-corrected chi connectivity index (χ2v) is 5.71. The fourth-order valence-electron chi connectivity index (χ4n) is 1.82.